The first-order valence-corrected chi connectivity index (χ1v) is 6.37. The Morgan fingerprint density at radius 2 is 2.00 bits per heavy atom. The van der Waals surface area contributed by atoms with Gasteiger partial charge in [0.05, 0.1) is 12.4 Å². The van der Waals surface area contributed by atoms with Gasteiger partial charge in [0.1, 0.15) is 5.75 Å². The molecular formula is C13H19NO2S. The van der Waals surface area contributed by atoms with E-state index in [4.69, 9.17) is 4.74 Å². The van der Waals surface area contributed by atoms with Gasteiger partial charge in [0, 0.05) is 13.6 Å². The molecule has 0 saturated carbocycles. The fourth-order valence-corrected chi connectivity index (χ4v) is 1.70. The Kier molecular flexibility index (Phi) is 5.91. The smallest absolute Gasteiger partial charge is 0.232 e. The molecular weight excluding hydrogens is 234 g/mol. The van der Waals surface area contributed by atoms with Gasteiger partial charge in [0.25, 0.3) is 0 Å². The molecule has 3 nitrogen and oxygen atoms in total. The van der Waals surface area contributed by atoms with E-state index in [1.54, 1.807) is 11.9 Å². The van der Waals surface area contributed by atoms with Gasteiger partial charge in [-0.05, 0) is 31.0 Å². The van der Waals surface area contributed by atoms with E-state index in [0.29, 0.717) is 13.2 Å². The molecule has 0 aliphatic heterocycles. The van der Waals surface area contributed by atoms with Crippen LogP contribution in [0.1, 0.15) is 12.5 Å². The minimum absolute atomic E-state index is 0.0549. The second kappa shape index (κ2) is 7.22. The molecule has 0 aromatic heterocycles. The molecule has 0 radical (unpaired) electrons. The molecule has 1 aromatic rings. The molecule has 0 saturated heterocycles. The van der Waals surface area contributed by atoms with Crippen molar-refractivity contribution in [1.29, 1.82) is 0 Å². The Hall–Kier alpha value is -1.16. The van der Waals surface area contributed by atoms with Crippen molar-refractivity contribution in [2.45, 2.75) is 13.3 Å². The normalized spacial score (nSPS) is 10.1. The Morgan fingerprint density at radius 3 is 2.53 bits per heavy atom. The van der Waals surface area contributed by atoms with Crippen molar-refractivity contribution in [3.8, 4) is 5.75 Å². The number of thiol groups is 1. The maximum absolute atomic E-state index is 11.3. The highest BCUT2D eigenvalue weighted by atomic mass is 32.1. The number of rotatable bonds is 6. The van der Waals surface area contributed by atoms with E-state index in [-0.39, 0.29) is 11.7 Å². The van der Waals surface area contributed by atoms with E-state index in [1.165, 1.54) is 5.56 Å². The number of hydrogen-bond acceptors (Lipinski definition) is 3. The summed E-state index contributed by atoms with van der Waals surface area (Å²) in [5.74, 6) is 1.20. The number of benzene rings is 1. The molecule has 1 amide bonds. The predicted molar refractivity (Wildman–Crippen MR) is 72.8 cm³/mol. The second-order valence-electron chi connectivity index (χ2n) is 3.80. The van der Waals surface area contributed by atoms with Crippen molar-refractivity contribution in [3.05, 3.63) is 29.8 Å². The number of amides is 1. The highest BCUT2D eigenvalue weighted by Crippen LogP contribution is 2.12. The van der Waals surface area contributed by atoms with E-state index >= 15 is 0 Å². The van der Waals surface area contributed by atoms with Gasteiger partial charge >= 0.3 is 0 Å². The molecule has 4 heteroatoms. The summed E-state index contributed by atoms with van der Waals surface area (Å²) in [6, 6.07) is 7.98. The lowest BCUT2D eigenvalue weighted by atomic mass is 10.1. The number of carbonyl (C=O) groups excluding carboxylic acids is 1. The van der Waals surface area contributed by atoms with Crippen LogP contribution in [0.25, 0.3) is 0 Å². The van der Waals surface area contributed by atoms with Gasteiger partial charge in [-0.25, -0.2) is 0 Å². The molecule has 17 heavy (non-hydrogen) atoms. The molecule has 0 bridgehead atoms. The highest BCUT2D eigenvalue weighted by Gasteiger charge is 2.05. The fraction of sp³-hybridized carbons (Fsp3) is 0.462. The monoisotopic (exact) mass is 253 g/mol. The summed E-state index contributed by atoms with van der Waals surface area (Å²) in [5, 5.41) is 0. The van der Waals surface area contributed by atoms with Crippen molar-refractivity contribution in [2.24, 2.45) is 0 Å². The Bertz CT molecular complexity index is 351. The van der Waals surface area contributed by atoms with Crippen LogP contribution in [0.15, 0.2) is 24.3 Å². The van der Waals surface area contributed by atoms with E-state index in [0.717, 1.165) is 12.2 Å². The van der Waals surface area contributed by atoms with Gasteiger partial charge in [-0.2, -0.15) is 12.6 Å². The third-order valence-electron chi connectivity index (χ3n) is 2.53. The third kappa shape index (κ3) is 4.69. The van der Waals surface area contributed by atoms with Crippen LogP contribution in [0, 0.1) is 0 Å². The third-order valence-corrected chi connectivity index (χ3v) is 2.80. The van der Waals surface area contributed by atoms with Crippen LogP contribution in [-0.4, -0.2) is 36.8 Å². The minimum atomic E-state index is 0.0549. The lowest BCUT2D eigenvalue weighted by Crippen LogP contribution is -2.29. The highest BCUT2D eigenvalue weighted by molar-refractivity contribution is 7.81. The van der Waals surface area contributed by atoms with Crippen LogP contribution in [0.3, 0.4) is 0 Å². The van der Waals surface area contributed by atoms with Gasteiger partial charge in [-0.15, -0.1) is 0 Å². The van der Waals surface area contributed by atoms with Crippen molar-refractivity contribution < 1.29 is 9.53 Å². The van der Waals surface area contributed by atoms with Gasteiger partial charge in [0.15, 0.2) is 0 Å². The first-order valence-electron chi connectivity index (χ1n) is 5.74. The summed E-state index contributed by atoms with van der Waals surface area (Å²) in [7, 11) is 1.80. The Balaban J connectivity index is 2.44. The molecule has 0 unspecified atom stereocenters. The van der Waals surface area contributed by atoms with E-state index < -0.39 is 0 Å². The van der Waals surface area contributed by atoms with Crippen LogP contribution in [0.5, 0.6) is 5.75 Å². The van der Waals surface area contributed by atoms with E-state index in [2.05, 4.69) is 12.6 Å². The Morgan fingerprint density at radius 1 is 1.35 bits per heavy atom. The molecule has 0 spiro atoms. The summed E-state index contributed by atoms with van der Waals surface area (Å²) < 4.78 is 5.37. The number of likely N-dealkylation sites (N-methyl/N-ethyl adjacent to an activating group) is 1. The average molecular weight is 253 g/mol. The standard InChI is InChI=1S/C13H19NO2S/c1-3-16-12-6-4-11(5-7-12)8-9-14(2)13(15)10-17/h4-7,17H,3,8-10H2,1-2H3. The summed E-state index contributed by atoms with van der Waals surface area (Å²) in [6.45, 7) is 3.36. The van der Waals surface area contributed by atoms with Gasteiger partial charge in [-0.3, -0.25) is 4.79 Å². The lowest BCUT2D eigenvalue weighted by molar-refractivity contribution is -0.127. The van der Waals surface area contributed by atoms with Crippen LogP contribution in [-0.2, 0) is 11.2 Å². The SMILES string of the molecule is CCOc1ccc(CCN(C)C(=O)CS)cc1. The molecule has 94 valence electrons. The van der Waals surface area contributed by atoms with Crippen molar-refractivity contribution >= 4 is 18.5 Å². The zero-order valence-electron chi connectivity index (χ0n) is 10.3. The summed E-state index contributed by atoms with van der Waals surface area (Å²) in [6.07, 6.45) is 0.850. The van der Waals surface area contributed by atoms with Crippen molar-refractivity contribution in [3.63, 3.8) is 0 Å². The number of ether oxygens (including phenoxy) is 1. The van der Waals surface area contributed by atoms with Gasteiger partial charge in [-0.1, -0.05) is 12.1 Å². The number of hydrogen-bond donors (Lipinski definition) is 1. The van der Waals surface area contributed by atoms with Crippen LogP contribution >= 0.6 is 12.6 Å². The van der Waals surface area contributed by atoms with E-state index in [1.807, 2.05) is 31.2 Å². The summed E-state index contributed by atoms with van der Waals surface area (Å²) >= 11 is 3.96. The molecule has 1 rings (SSSR count). The molecule has 0 N–H and O–H groups in total. The summed E-state index contributed by atoms with van der Waals surface area (Å²) in [5.41, 5.74) is 1.20. The zero-order valence-corrected chi connectivity index (χ0v) is 11.2. The molecule has 0 atom stereocenters. The molecule has 0 heterocycles. The van der Waals surface area contributed by atoms with Crippen LogP contribution in [0.4, 0.5) is 0 Å². The molecule has 0 aliphatic rings. The predicted octanol–water partition coefficient (Wildman–Crippen LogP) is 2.02. The summed E-state index contributed by atoms with van der Waals surface area (Å²) in [4.78, 5) is 13.0. The molecule has 0 aliphatic carbocycles. The van der Waals surface area contributed by atoms with Crippen molar-refractivity contribution in [2.75, 3.05) is 26.0 Å². The maximum atomic E-state index is 11.3. The zero-order chi connectivity index (χ0) is 12.7. The molecule has 0 fully saturated rings. The largest absolute Gasteiger partial charge is 0.494 e. The number of nitrogens with zero attached hydrogens (tertiary/aromatic N) is 1. The second-order valence-corrected chi connectivity index (χ2v) is 4.12. The van der Waals surface area contributed by atoms with Crippen LogP contribution in [0.2, 0.25) is 0 Å². The first kappa shape index (κ1) is 13.9. The fourth-order valence-electron chi connectivity index (χ4n) is 1.46. The lowest BCUT2D eigenvalue weighted by Gasteiger charge is -2.15. The number of carbonyl (C=O) groups is 1. The Labute approximate surface area is 108 Å². The van der Waals surface area contributed by atoms with E-state index in [9.17, 15) is 4.79 Å². The van der Waals surface area contributed by atoms with Crippen LogP contribution < -0.4 is 4.74 Å². The van der Waals surface area contributed by atoms with Gasteiger partial charge in [0.2, 0.25) is 5.91 Å². The minimum Gasteiger partial charge on any atom is -0.494 e. The maximum Gasteiger partial charge on any atom is 0.232 e. The topological polar surface area (TPSA) is 29.5 Å². The van der Waals surface area contributed by atoms with Crippen molar-refractivity contribution in [1.82, 2.24) is 4.90 Å². The molecule has 1 aromatic carbocycles. The van der Waals surface area contributed by atoms with Gasteiger partial charge < -0.3 is 9.64 Å². The quantitative estimate of drug-likeness (QED) is 0.786. The first-order chi connectivity index (χ1) is 8.17. The average Bonchev–Trinajstić information content (AvgIpc) is 2.37.